The normalized spacial score (nSPS) is 22.1. The predicted octanol–water partition coefficient (Wildman–Crippen LogP) is 1.08. The molecule has 0 unspecified atom stereocenters. The average molecular weight is 258 g/mol. The van der Waals surface area contributed by atoms with Gasteiger partial charge in [-0.05, 0) is 20.8 Å². The van der Waals surface area contributed by atoms with Crippen LogP contribution in [0.25, 0.3) is 0 Å². The van der Waals surface area contributed by atoms with E-state index in [9.17, 15) is 9.59 Å². The number of hydrogen-bond acceptors (Lipinski definition) is 5. The Bertz CT molecular complexity index is 372. The van der Waals surface area contributed by atoms with Crippen molar-refractivity contribution in [1.29, 1.82) is 0 Å². The molecule has 1 aliphatic heterocycles. The van der Waals surface area contributed by atoms with Gasteiger partial charge in [0.1, 0.15) is 18.8 Å². The van der Waals surface area contributed by atoms with E-state index in [1.807, 2.05) is 0 Å². The van der Waals surface area contributed by atoms with Crippen molar-refractivity contribution in [2.75, 3.05) is 13.7 Å². The van der Waals surface area contributed by atoms with Gasteiger partial charge in [-0.1, -0.05) is 5.16 Å². The van der Waals surface area contributed by atoms with Crippen LogP contribution in [-0.2, 0) is 14.4 Å². The average Bonchev–Trinajstić information content (AvgIpc) is 2.59. The maximum Gasteiger partial charge on any atom is 0.411 e. The number of hydrogen-bond donors (Lipinski definition) is 1. The fraction of sp³-hybridized carbons (Fsp3) is 0.727. The first-order chi connectivity index (χ1) is 8.24. The highest BCUT2D eigenvalue weighted by Gasteiger charge is 2.40. The Balaban J connectivity index is 2.82. The maximum absolute atomic E-state index is 11.9. The summed E-state index contributed by atoms with van der Waals surface area (Å²) >= 11 is 0. The van der Waals surface area contributed by atoms with Crippen molar-refractivity contribution >= 4 is 17.8 Å². The summed E-state index contributed by atoms with van der Waals surface area (Å²) in [6, 6.07) is -0.950. The van der Waals surface area contributed by atoms with Crippen LogP contribution in [0.3, 0.4) is 0 Å². The summed E-state index contributed by atoms with van der Waals surface area (Å²) in [5.41, 5.74) is -0.155. The van der Waals surface area contributed by atoms with Crippen molar-refractivity contribution < 1.29 is 24.3 Å². The van der Waals surface area contributed by atoms with Gasteiger partial charge >= 0.3 is 12.1 Å². The molecule has 7 nitrogen and oxygen atoms in total. The van der Waals surface area contributed by atoms with E-state index in [4.69, 9.17) is 9.84 Å². The van der Waals surface area contributed by atoms with Crippen LogP contribution in [0.15, 0.2) is 5.16 Å². The first-order valence-corrected chi connectivity index (χ1v) is 5.56. The molecule has 0 saturated carbocycles. The largest absolute Gasteiger partial charge is 0.480 e. The first-order valence-electron chi connectivity index (χ1n) is 5.56. The molecule has 1 saturated heterocycles. The molecule has 1 amide bonds. The Kier molecular flexibility index (Phi) is 4.15. The van der Waals surface area contributed by atoms with E-state index >= 15 is 0 Å². The second-order valence-electron chi connectivity index (χ2n) is 5.01. The van der Waals surface area contributed by atoms with E-state index < -0.39 is 23.7 Å². The van der Waals surface area contributed by atoms with E-state index in [1.54, 1.807) is 20.8 Å². The second-order valence-corrected chi connectivity index (χ2v) is 5.01. The molecule has 1 aliphatic rings. The zero-order valence-corrected chi connectivity index (χ0v) is 11.0. The summed E-state index contributed by atoms with van der Waals surface area (Å²) in [5.74, 6) is -1.08. The molecule has 1 rings (SSSR count). The van der Waals surface area contributed by atoms with Crippen LogP contribution in [0.2, 0.25) is 0 Å². The molecular formula is C11H18N2O5. The van der Waals surface area contributed by atoms with Crippen LogP contribution < -0.4 is 0 Å². The summed E-state index contributed by atoms with van der Waals surface area (Å²) in [6.07, 6.45) is -0.501. The molecule has 0 aromatic heterocycles. The van der Waals surface area contributed by atoms with Crippen molar-refractivity contribution in [3.8, 4) is 0 Å². The molecule has 0 radical (unpaired) electrons. The molecule has 7 heteroatoms. The number of likely N-dealkylation sites (tertiary alicyclic amines) is 1. The van der Waals surface area contributed by atoms with E-state index in [2.05, 4.69) is 9.99 Å². The van der Waals surface area contributed by atoms with Crippen molar-refractivity contribution in [3.05, 3.63) is 0 Å². The van der Waals surface area contributed by atoms with Gasteiger partial charge < -0.3 is 14.7 Å². The van der Waals surface area contributed by atoms with Crippen LogP contribution in [-0.4, -0.2) is 53.1 Å². The van der Waals surface area contributed by atoms with Crippen molar-refractivity contribution in [2.45, 2.75) is 38.8 Å². The van der Waals surface area contributed by atoms with Gasteiger partial charge in [0.05, 0.1) is 12.3 Å². The number of oxime groups is 1. The van der Waals surface area contributed by atoms with Crippen molar-refractivity contribution in [3.63, 3.8) is 0 Å². The molecule has 0 aromatic carbocycles. The van der Waals surface area contributed by atoms with Gasteiger partial charge in [-0.2, -0.15) is 0 Å². The lowest BCUT2D eigenvalue weighted by Gasteiger charge is -2.26. The fourth-order valence-corrected chi connectivity index (χ4v) is 1.63. The minimum Gasteiger partial charge on any atom is -0.480 e. The summed E-state index contributed by atoms with van der Waals surface area (Å²) in [5, 5.41) is 12.8. The van der Waals surface area contributed by atoms with E-state index in [0.29, 0.717) is 5.71 Å². The minimum atomic E-state index is -1.08. The number of ether oxygens (including phenoxy) is 1. The third kappa shape index (κ3) is 3.61. The van der Waals surface area contributed by atoms with Gasteiger partial charge in [-0.3, -0.25) is 4.90 Å². The van der Waals surface area contributed by atoms with Gasteiger partial charge in [0, 0.05) is 6.42 Å². The summed E-state index contributed by atoms with van der Waals surface area (Å²) < 4.78 is 5.16. The number of carbonyl (C=O) groups is 2. The smallest absolute Gasteiger partial charge is 0.411 e. The van der Waals surface area contributed by atoms with Gasteiger partial charge in [0.2, 0.25) is 0 Å². The number of amides is 1. The van der Waals surface area contributed by atoms with Gasteiger partial charge in [-0.25, -0.2) is 9.59 Å². The number of rotatable bonds is 2. The highest BCUT2D eigenvalue weighted by Crippen LogP contribution is 2.20. The monoisotopic (exact) mass is 258 g/mol. The van der Waals surface area contributed by atoms with Crippen LogP contribution in [0, 0.1) is 0 Å². The molecule has 1 N–H and O–H groups in total. The summed E-state index contributed by atoms with van der Waals surface area (Å²) in [4.78, 5) is 28.7. The molecule has 0 bridgehead atoms. The lowest BCUT2D eigenvalue weighted by Crippen LogP contribution is -2.43. The molecule has 0 spiro atoms. The van der Waals surface area contributed by atoms with Gasteiger partial charge in [0.25, 0.3) is 0 Å². The van der Waals surface area contributed by atoms with E-state index in [-0.39, 0.29) is 13.0 Å². The third-order valence-electron chi connectivity index (χ3n) is 2.29. The molecule has 102 valence electrons. The predicted molar refractivity (Wildman–Crippen MR) is 63.4 cm³/mol. The number of nitrogens with zero attached hydrogens (tertiary/aromatic N) is 2. The lowest BCUT2D eigenvalue weighted by molar-refractivity contribution is -0.142. The van der Waals surface area contributed by atoms with Gasteiger partial charge in [0.15, 0.2) is 0 Å². The molecule has 1 fully saturated rings. The van der Waals surface area contributed by atoms with Crippen molar-refractivity contribution in [1.82, 2.24) is 4.90 Å². The van der Waals surface area contributed by atoms with E-state index in [1.165, 1.54) is 7.11 Å². The Morgan fingerprint density at radius 3 is 2.50 bits per heavy atom. The second kappa shape index (κ2) is 5.24. The first kappa shape index (κ1) is 14.3. The Morgan fingerprint density at radius 2 is 2.06 bits per heavy atom. The standard InChI is InChI=1S/C11H18N2O5/c1-11(2,3)18-10(16)13-6-7(12-17-4)5-8(13)9(14)15/h8H,5-6H2,1-4H3,(H,14,15)/b12-7+/t8-/m1/s1. The van der Waals surface area contributed by atoms with Crippen LogP contribution in [0.4, 0.5) is 4.79 Å². The van der Waals surface area contributed by atoms with Gasteiger partial charge in [-0.15, -0.1) is 0 Å². The molecule has 0 aliphatic carbocycles. The highest BCUT2D eigenvalue weighted by atomic mass is 16.6. The van der Waals surface area contributed by atoms with Crippen LogP contribution >= 0.6 is 0 Å². The topological polar surface area (TPSA) is 88.4 Å². The lowest BCUT2D eigenvalue weighted by atomic mass is 10.2. The Morgan fingerprint density at radius 1 is 1.44 bits per heavy atom. The number of carboxylic acid groups (broad SMARTS) is 1. The van der Waals surface area contributed by atoms with Crippen LogP contribution in [0.1, 0.15) is 27.2 Å². The Hall–Kier alpha value is -1.79. The number of carboxylic acids is 1. The number of aliphatic carboxylic acids is 1. The zero-order chi connectivity index (χ0) is 13.9. The van der Waals surface area contributed by atoms with E-state index in [0.717, 1.165) is 4.90 Å². The third-order valence-corrected chi connectivity index (χ3v) is 2.29. The van der Waals surface area contributed by atoms with Crippen molar-refractivity contribution in [2.24, 2.45) is 5.16 Å². The fourth-order valence-electron chi connectivity index (χ4n) is 1.63. The molecule has 1 heterocycles. The van der Waals surface area contributed by atoms with Crippen LogP contribution in [0.5, 0.6) is 0 Å². The SMILES string of the molecule is CO/N=C1\C[C@H](C(=O)O)N(C(=O)OC(C)(C)C)C1. The highest BCUT2D eigenvalue weighted by molar-refractivity contribution is 5.98. The number of carbonyl (C=O) groups excluding carboxylic acids is 1. The molecule has 0 aromatic rings. The summed E-state index contributed by atoms with van der Waals surface area (Å²) in [7, 11) is 1.37. The molecule has 1 atom stereocenters. The molecular weight excluding hydrogens is 240 g/mol. The molecule has 18 heavy (non-hydrogen) atoms. The summed E-state index contributed by atoms with van der Waals surface area (Å²) in [6.45, 7) is 5.28. The quantitative estimate of drug-likeness (QED) is 0.749. The maximum atomic E-state index is 11.9. The zero-order valence-electron chi connectivity index (χ0n) is 11.0. The minimum absolute atomic E-state index is 0.111. The Labute approximate surface area is 105 Å².